The fourth-order valence-electron chi connectivity index (χ4n) is 2.25. The lowest BCUT2D eigenvalue weighted by molar-refractivity contribution is -0.122. The summed E-state index contributed by atoms with van der Waals surface area (Å²) in [5.41, 5.74) is 0.304. The molecule has 0 radical (unpaired) electrons. The van der Waals surface area contributed by atoms with Gasteiger partial charge in [0.05, 0.1) is 6.04 Å². The third kappa shape index (κ3) is 2.53. The van der Waals surface area contributed by atoms with Crippen molar-refractivity contribution in [1.29, 1.82) is 0 Å². The van der Waals surface area contributed by atoms with Gasteiger partial charge >= 0.3 is 0 Å². The Hall–Kier alpha value is -1.42. The second kappa shape index (κ2) is 5.48. The van der Waals surface area contributed by atoms with Crippen LogP contribution >= 0.6 is 11.6 Å². The molecule has 5 heteroatoms. The molecular weight excluding hydrogens is 252 g/mol. The van der Waals surface area contributed by atoms with Crippen LogP contribution in [0.1, 0.15) is 36.7 Å². The van der Waals surface area contributed by atoms with Gasteiger partial charge in [0.15, 0.2) is 5.78 Å². The first-order valence-corrected chi connectivity index (χ1v) is 6.47. The van der Waals surface area contributed by atoms with Gasteiger partial charge in [-0.3, -0.25) is 9.59 Å². The average molecular weight is 267 g/mol. The van der Waals surface area contributed by atoms with E-state index in [4.69, 9.17) is 11.6 Å². The maximum atomic E-state index is 12.3. The summed E-state index contributed by atoms with van der Waals surface area (Å²) in [6.07, 6.45) is 2.07. The van der Waals surface area contributed by atoms with Gasteiger partial charge in [-0.1, -0.05) is 24.6 Å². The fraction of sp³-hybridized carbons (Fsp3) is 0.462. The number of likely N-dealkylation sites (tertiary alicyclic amines) is 1. The Morgan fingerprint density at radius 3 is 2.94 bits per heavy atom. The number of carbonyl (C=O) groups excluding carboxylic acids is 2. The molecule has 0 unspecified atom stereocenters. The largest absolute Gasteiger partial charge is 0.327 e. The molecular formula is C13H15ClN2O2. The Labute approximate surface area is 111 Å². The van der Waals surface area contributed by atoms with Gasteiger partial charge in [0.2, 0.25) is 0 Å². The molecule has 0 N–H and O–H groups in total. The summed E-state index contributed by atoms with van der Waals surface area (Å²) in [5.74, 6) is -0.0929. The molecule has 1 amide bonds. The van der Waals surface area contributed by atoms with Crippen LogP contribution in [-0.2, 0) is 4.79 Å². The van der Waals surface area contributed by atoms with Crippen LogP contribution < -0.4 is 0 Å². The zero-order valence-corrected chi connectivity index (χ0v) is 11.0. The summed E-state index contributed by atoms with van der Waals surface area (Å²) in [6.45, 7) is 2.43. The van der Waals surface area contributed by atoms with Crippen molar-refractivity contribution in [1.82, 2.24) is 9.88 Å². The number of carbonyl (C=O) groups is 2. The molecule has 4 nitrogen and oxygen atoms in total. The van der Waals surface area contributed by atoms with Crippen molar-refractivity contribution in [2.75, 3.05) is 6.54 Å². The van der Waals surface area contributed by atoms with Gasteiger partial charge in [-0.05, 0) is 25.0 Å². The molecule has 2 heterocycles. The number of hydrogen-bond acceptors (Lipinski definition) is 3. The third-order valence-electron chi connectivity index (χ3n) is 3.17. The third-order valence-corrected chi connectivity index (χ3v) is 3.38. The Morgan fingerprint density at radius 2 is 2.28 bits per heavy atom. The summed E-state index contributed by atoms with van der Waals surface area (Å²) in [4.78, 5) is 29.7. The number of nitrogens with zero attached hydrogens (tertiary/aromatic N) is 2. The first kappa shape index (κ1) is 13.0. The molecule has 0 aromatic carbocycles. The van der Waals surface area contributed by atoms with Crippen molar-refractivity contribution in [2.45, 2.75) is 32.2 Å². The molecule has 1 atom stereocenters. The van der Waals surface area contributed by atoms with E-state index < -0.39 is 0 Å². The van der Waals surface area contributed by atoms with Gasteiger partial charge in [0, 0.05) is 13.0 Å². The summed E-state index contributed by atoms with van der Waals surface area (Å²) >= 11 is 5.77. The van der Waals surface area contributed by atoms with Crippen molar-refractivity contribution in [3.63, 3.8) is 0 Å². The second-order valence-electron chi connectivity index (χ2n) is 4.32. The molecule has 96 valence electrons. The molecule has 1 aromatic heterocycles. The van der Waals surface area contributed by atoms with Gasteiger partial charge in [-0.15, -0.1) is 0 Å². The minimum atomic E-state index is -0.289. The number of pyridine rings is 1. The number of rotatable bonds is 3. The number of aromatic nitrogens is 1. The number of Topliss-reactive ketones (excluding diaryl/α,β-unsaturated/α-hetero) is 1. The van der Waals surface area contributed by atoms with E-state index in [2.05, 4.69) is 4.98 Å². The van der Waals surface area contributed by atoms with E-state index in [1.54, 1.807) is 23.1 Å². The van der Waals surface area contributed by atoms with Gasteiger partial charge in [-0.2, -0.15) is 0 Å². The fourth-order valence-corrected chi connectivity index (χ4v) is 2.42. The zero-order valence-electron chi connectivity index (χ0n) is 10.2. The summed E-state index contributed by atoms with van der Waals surface area (Å²) in [6, 6.07) is 4.65. The van der Waals surface area contributed by atoms with E-state index in [1.807, 2.05) is 6.92 Å². The smallest absolute Gasteiger partial charge is 0.273 e. The molecule has 0 bridgehead atoms. The predicted octanol–water partition coefficient (Wildman–Crippen LogP) is 2.32. The Kier molecular flexibility index (Phi) is 3.97. The monoisotopic (exact) mass is 266 g/mol. The number of halogens is 1. The minimum absolute atomic E-state index is 0.114. The topological polar surface area (TPSA) is 50.3 Å². The highest BCUT2D eigenvalue weighted by molar-refractivity contribution is 6.29. The lowest BCUT2D eigenvalue weighted by atomic mass is 10.1. The summed E-state index contributed by atoms with van der Waals surface area (Å²) in [7, 11) is 0. The Balaban J connectivity index is 2.20. The van der Waals surface area contributed by atoms with Crippen molar-refractivity contribution in [3.8, 4) is 0 Å². The van der Waals surface area contributed by atoms with Crippen molar-refractivity contribution < 1.29 is 9.59 Å². The highest BCUT2D eigenvalue weighted by Crippen LogP contribution is 2.21. The molecule has 2 rings (SSSR count). The zero-order chi connectivity index (χ0) is 13.1. The van der Waals surface area contributed by atoms with Crippen LogP contribution in [0.5, 0.6) is 0 Å². The van der Waals surface area contributed by atoms with Crippen molar-refractivity contribution in [3.05, 3.63) is 29.0 Å². The first-order chi connectivity index (χ1) is 8.63. The van der Waals surface area contributed by atoms with Crippen LogP contribution in [-0.4, -0.2) is 34.2 Å². The molecule has 1 aliphatic rings. The lowest BCUT2D eigenvalue weighted by Crippen LogP contribution is -2.40. The van der Waals surface area contributed by atoms with Gasteiger partial charge in [0.25, 0.3) is 5.91 Å². The lowest BCUT2D eigenvalue weighted by Gasteiger charge is -2.22. The number of amides is 1. The Bertz CT molecular complexity index is 476. The van der Waals surface area contributed by atoms with Crippen LogP contribution in [0.2, 0.25) is 5.15 Å². The van der Waals surface area contributed by atoms with E-state index in [9.17, 15) is 9.59 Å². The molecule has 1 fully saturated rings. The van der Waals surface area contributed by atoms with Crippen LogP contribution in [0.3, 0.4) is 0 Å². The van der Waals surface area contributed by atoms with Crippen LogP contribution in [0.25, 0.3) is 0 Å². The van der Waals surface area contributed by atoms with E-state index in [1.165, 1.54) is 0 Å². The average Bonchev–Trinajstić information content (AvgIpc) is 2.86. The molecule has 0 saturated carbocycles. The van der Waals surface area contributed by atoms with E-state index in [0.29, 0.717) is 23.8 Å². The quantitative estimate of drug-likeness (QED) is 0.789. The van der Waals surface area contributed by atoms with Crippen LogP contribution in [0, 0.1) is 0 Å². The van der Waals surface area contributed by atoms with E-state index in [-0.39, 0.29) is 17.7 Å². The first-order valence-electron chi connectivity index (χ1n) is 6.09. The van der Waals surface area contributed by atoms with Gasteiger partial charge < -0.3 is 4.90 Å². The van der Waals surface area contributed by atoms with Crippen LogP contribution in [0.4, 0.5) is 0 Å². The highest BCUT2D eigenvalue weighted by Gasteiger charge is 2.33. The highest BCUT2D eigenvalue weighted by atomic mass is 35.5. The van der Waals surface area contributed by atoms with E-state index >= 15 is 0 Å². The second-order valence-corrected chi connectivity index (χ2v) is 4.71. The summed E-state index contributed by atoms with van der Waals surface area (Å²) in [5, 5.41) is 0.290. The van der Waals surface area contributed by atoms with E-state index in [0.717, 1.165) is 12.8 Å². The number of ketones is 1. The molecule has 18 heavy (non-hydrogen) atoms. The summed E-state index contributed by atoms with van der Waals surface area (Å²) < 4.78 is 0. The predicted molar refractivity (Wildman–Crippen MR) is 68.6 cm³/mol. The number of hydrogen-bond donors (Lipinski definition) is 0. The maximum Gasteiger partial charge on any atom is 0.273 e. The SMILES string of the molecule is CCC(=O)[C@@H]1CCCN1C(=O)c1cccc(Cl)n1. The molecule has 1 aliphatic heterocycles. The molecule has 1 saturated heterocycles. The standard InChI is InChI=1S/C13H15ClN2O2/c1-2-11(17)10-6-4-8-16(10)13(18)9-5-3-7-12(14)15-9/h3,5,7,10H,2,4,6,8H2,1H3/t10-/m0/s1. The van der Waals surface area contributed by atoms with Gasteiger partial charge in [0.1, 0.15) is 10.8 Å². The molecule has 0 aliphatic carbocycles. The van der Waals surface area contributed by atoms with Crippen molar-refractivity contribution >= 4 is 23.3 Å². The normalized spacial score (nSPS) is 19.0. The molecule has 0 spiro atoms. The molecule has 1 aromatic rings. The van der Waals surface area contributed by atoms with Crippen LogP contribution in [0.15, 0.2) is 18.2 Å². The maximum absolute atomic E-state index is 12.3. The minimum Gasteiger partial charge on any atom is -0.327 e. The van der Waals surface area contributed by atoms with Crippen molar-refractivity contribution in [2.24, 2.45) is 0 Å². The van der Waals surface area contributed by atoms with Gasteiger partial charge in [-0.25, -0.2) is 4.98 Å². The Morgan fingerprint density at radius 1 is 1.50 bits per heavy atom.